The van der Waals surface area contributed by atoms with Crippen LogP contribution in [-0.4, -0.2) is 27.2 Å². The number of rotatable bonds is 4. The molecular weight excluding hydrogens is 230 g/mol. The highest BCUT2D eigenvalue weighted by molar-refractivity contribution is 5.37. The summed E-state index contributed by atoms with van der Waals surface area (Å²) in [6.07, 6.45) is 1.64. The molecule has 5 nitrogen and oxygen atoms in total. The number of aliphatic hydroxyl groups is 1. The minimum Gasteiger partial charge on any atom is -0.496 e. The summed E-state index contributed by atoms with van der Waals surface area (Å²) in [6, 6.07) is 5.70. The third-order valence-corrected chi connectivity index (χ3v) is 2.87. The maximum atomic E-state index is 10.2. The SMILES string of the molecule is COc1cc(C(O)Cc2cn(C)nn2)ccc1C. The van der Waals surface area contributed by atoms with E-state index >= 15 is 0 Å². The van der Waals surface area contributed by atoms with E-state index in [2.05, 4.69) is 10.3 Å². The summed E-state index contributed by atoms with van der Waals surface area (Å²) in [7, 11) is 3.43. The zero-order valence-electron chi connectivity index (χ0n) is 10.8. The van der Waals surface area contributed by atoms with Crippen molar-refractivity contribution in [1.29, 1.82) is 0 Å². The number of ether oxygens (including phenoxy) is 1. The van der Waals surface area contributed by atoms with E-state index in [4.69, 9.17) is 4.74 Å². The van der Waals surface area contributed by atoms with Crippen LogP contribution < -0.4 is 4.74 Å². The van der Waals surface area contributed by atoms with Gasteiger partial charge in [0.05, 0.1) is 18.9 Å². The highest BCUT2D eigenvalue weighted by Gasteiger charge is 2.12. The van der Waals surface area contributed by atoms with Crippen molar-refractivity contribution in [1.82, 2.24) is 15.0 Å². The standard InChI is InChI=1S/C13H17N3O2/c1-9-4-5-10(6-13(9)18-3)12(17)7-11-8-16(2)15-14-11/h4-6,8,12,17H,7H2,1-3H3. The van der Waals surface area contributed by atoms with Gasteiger partial charge in [0.2, 0.25) is 0 Å². The number of nitrogens with zero attached hydrogens (tertiary/aromatic N) is 3. The van der Waals surface area contributed by atoms with Crippen LogP contribution in [0, 0.1) is 6.92 Å². The first-order valence-corrected chi connectivity index (χ1v) is 5.78. The normalized spacial score (nSPS) is 12.4. The van der Waals surface area contributed by atoms with E-state index < -0.39 is 6.10 Å². The van der Waals surface area contributed by atoms with Crippen LogP contribution in [0.5, 0.6) is 5.75 Å². The van der Waals surface area contributed by atoms with Gasteiger partial charge in [0.15, 0.2) is 0 Å². The van der Waals surface area contributed by atoms with Gasteiger partial charge in [-0.15, -0.1) is 5.10 Å². The summed E-state index contributed by atoms with van der Waals surface area (Å²) in [5, 5.41) is 18.0. The van der Waals surface area contributed by atoms with E-state index in [1.54, 1.807) is 25.0 Å². The number of methoxy groups -OCH3 is 1. The summed E-state index contributed by atoms with van der Waals surface area (Å²) in [5.74, 6) is 0.783. The van der Waals surface area contributed by atoms with E-state index in [1.165, 1.54) is 0 Å². The van der Waals surface area contributed by atoms with Crippen LogP contribution in [0.1, 0.15) is 22.9 Å². The highest BCUT2D eigenvalue weighted by Crippen LogP contribution is 2.24. The zero-order valence-corrected chi connectivity index (χ0v) is 10.8. The number of hydrogen-bond donors (Lipinski definition) is 1. The highest BCUT2D eigenvalue weighted by atomic mass is 16.5. The monoisotopic (exact) mass is 247 g/mol. The lowest BCUT2D eigenvalue weighted by Gasteiger charge is -2.12. The van der Waals surface area contributed by atoms with E-state index in [-0.39, 0.29) is 0 Å². The average Bonchev–Trinajstić information content (AvgIpc) is 2.75. The first-order chi connectivity index (χ1) is 8.60. The molecule has 1 aromatic carbocycles. The van der Waals surface area contributed by atoms with E-state index in [0.29, 0.717) is 6.42 Å². The van der Waals surface area contributed by atoms with Crippen molar-refractivity contribution < 1.29 is 9.84 Å². The van der Waals surface area contributed by atoms with Crippen LogP contribution in [-0.2, 0) is 13.5 Å². The summed E-state index contributed by atoms with van der Waals surface area (Å²) in [4.78, 5) is 0. The molecule has 18 heavy (non-hydrogen) atoms. The van der Waals surface area contributed by atoms with Crippen molar-refractivity contribution >= 4 is 0 Å². The fourth-order valence-corrected chi connectivity index (χ4v) is 1.85. The van der Waals surface area contributed by atoms with Crippen molar-refractivity contribution in [2.24, 2.45) is 7.05 Å². The molecule has 1 N–H and O–H groups in total. The molecule has 0 fully saturated rings. The van der Waals surface area contributed by atoms with Gasteiger partial charge in [0.1, 0.15) is 5.75 Å². The van der Waals surface area contributed by atoms with E-state index in [9.17, 15) is 5.11 Å². The maximum absolute atomic E-state index is 10.2. The smallest absolute Gasteiger partial charge is 0.122 e. The Kier molecular flexibility index (Phi) is 3.62. The van der Waals surface area contributed by atoms with Crippen LogP contribution in [0.25, 0.3) is 0 Å². The van der Waals surface area contributed by atoms with Crippen LogP contribution in [0.4, 0.5) is 0 Å². The van der Waals surface area contributed by atoms with Gasteiger partial charge in [-0.05, 0) is 24.1 Å². The minimum absolute atomic E-state index is 0.444. The van der Waals surface area contributed by atoms with Crippen molar-refractivity contribution in [3.63, 3.8) is 0 Å². The molecule has 1 atom stereocenters. The molecule has 1 aromatic heterocycles. The Bertz CT molecular complexity index is 537. The second-order valence-corrected chi connectivity index (χ2v) is 4.33. The van der Waals surface area contributed by atoms with Crippen LogP contribution in [0.3, 0.4) is 0 Å². The van der Waals surface area contributed by atoms with Gasteiger partial charge in [-0.3, -0.25) is 4.68 Å². The van der Waals surface area contributed by atoms with Crippen molar-refractivity contribution in [2.45, 2.75) is 19.4 Å². The molecule has 1 heterocycles. The summed E-state index contributed by atoms with van der Waals surface area (Å²) >= 11 is 0. The van der Waals surface area contributed by atoms with Gasteiger partial charge in [-0.25, -0.2) is 0 Å². The molecule has 0 saturated heterocycles. The van der Waals surface area contributed by atoms with E-state index in [1.807, 2.05) is 25.1 Å². The molecule has 0 aliphatic carbocycles. The summed E-state index contributed by atoms with van der Waals surface area (Å²) < 4.78 is 6.87. The Morgan fingerprint density at radius 1 is 1.44 bits per heavy atom. The van der Waals surface area contributed by atoms with Crippen molar-refractivity contribution in [2.75, 3.05) is 7.11 Å². The van der Waals surface area contributed by atoms with Crippen LogP contribution >= 0.6 is 0 Å². The topological polar surface area (TPSA) is 60.2 Å². The molecule has 0 spiro atoms. The Morgan fingerprint density at radius 3 is 2.83 bits per heavy atom. The fourth-order valence-electron chi connectivity index (χ4n) is 1.85. The largest absolute Gasteiger partial charge is 0.496 e. The second-order valence-electron chi connectivity index (χ2n) is 4.33. The Balaban J connectivity index is 2.15. The Morgan fingerprint density at radius 2 is 2.22 bits per heavy atom. The van der Waals surface area contributed by atoms with Crippen molar-refractivity contribution in [3.05, 3.63) is 41.2 Å². The molecule has 5 heteroatoms. The summed E-state index contributed by atoms with van der Waals surface area (Å²) in [5.41, 5.74) is 2.64. The lowest BCUT2D eigenvalue weighted by atomic mass is 10.0. The van der Waals surface area contributed by atoms with Gasteiger partial charge >= 0.3 is 0 Å². The predicted octanol–water partition coefficient (Wildman–Crippen LogP) is 1.41. The minimum atomic E-state index is -0.601. The number of hydrogen-bond acceptors (Lipinski definition) is 4. The van der Waals surface area contributed by atoms with Gasteiger partial charge in [0.25, 0.3) is 0 Å². The molecule has 1 unspecified atom stereocenters. The van der Waals surface area contributed by atoms with Gasteiger partial charge in [-0.2, -0.15) is 0 Å². The molecule has 0 radical (unpaired) electrons. The van der Waals surface area contributed by atoms with Crippen molar-refractivity contribution in [3.8, 4) is 5.75 Å². The molecular formula is C13H17N3O2. The molecule has 2 rings (SSSR count). The number of benzene rings is 1. The number of aryl methyl sites for hydroxylation is 2. The van der Waals surface area contributed by atoms with Gasteiger partial charge < -0.3 is 9.84 Å². The first-order valence-electron chi connectivity index (χ1n) is 5.78. The molecule has 0 bridgehead atoms. The average molecular weight is 247 g/mol. The quantitative estimate of drug-likeness (QED) is 0.887. The summed E-state index contributed by atoms with van der Waals surface area (Å²) in [6.45, 7) is 1.97. The van der Waals surface area contributed by atoms with Gasteiger partial charge in [0, 0.05) is 19.7 Å². The molecule has 0 saturated carbocycles. The zero-order chi connectivity index (χ0) is 13.1. The van der Waals surface area contributed by atoms with E-state index in [0.717, 1.165) is 22.6 Å². The third kappa shape index (κ3) is 2.68. The first kappa shape index (κ1) is 12.6. The Labute approximate surface area is 106 Å². The van der Waals surface area contributed by atoms with Gasteiger partial charge in [-0.1, -0.05) is 17.3 Å². The van der Waals surface area contributed by atoms with Crippen LogP contribution in [0.15, 0.2) is 24.4 Å². The number of aliphatic hydroxyl groups excluding tert-OH is 1. The second kappa shape index (κ2) is 5.18. The molecule has 0 aliphatic rings. The predicted molar refractivity (Wildman–Crippen MR) is 67.4 cm³/mol. The number of aromatic nitrogens is 3. The molecule has 96 valence electrons. The lowest BCUT2D eigenvalue weighted by molar-refractivity contribution is 0.176. The lowest BCUT2D eigenvalue weighted by Crippen LogP contribution is -2.03. The van der Waals surface area contributed by atoms with Crippen LogP contribution in [0.2, 0.25) is 0 Å². The maximum Gasteiger partial charge on any atom is 0.122 e. The molecule has 0 amide bonds. The fraction of sp³-hybridized carbons (Fsp3) is 0.385. The Hall–Kier alpha value is -1.88. The molecule has 0 aliphatic heterocycles. The third-order valence-electron chi connectivity index (χ3n) is 2.87. The molecule has 2 aromatic rings.